The Morgan fingerprint density at radius 1 is 1.25 bits per heavy atom. The molecule has 0 aliphatic carbocycles. The van der Waals surface area contributed by atoms with Crippen LogP contribution in [0.1, 0.15) is 29.8 Å². The van der Waals surface area contributed by atoms with Gasteiger partial charge < -0.3 is 10.2 Å². The summed E-state index contributed by atoms with van der Waals surface area (Å²) < 4.78 is 0. The number of nitrogens with one attached hydrogen (secondary N) is 1. The van der Waals surface area contributed by atoms with Crippen molar-refractivity contribution in [3.63, 3.8) is 0 Å². The molecule has 146 valence electrons. The third kappa shape index (κ3) is 2.78. The molecule has 8 heteroatoms. The number of aryl methyl sites for hydroxylation is 1. The van der Waals surface area contributed by atoms with Gasteiger partial charge in [-0.1, -0.05) is 29.5 Å². The van der Waals surface area contributed by atoms with Crippen LogP contribution >= 0.6 is 11.3 Å². The zero-order valence-corrected chi connectivity index (χ0v) is 16.7. The van der Waals surface area contributed by atoms with Crippen LogP contribution in [-0.4, -0.2) is 53.1 Å². The number of rotatable bonds is 2. The van der Waals surface area contributed by atoms with E-state index in [0.717, 1.165) is 37.5 Å². The Morgan fingerprint density at radius 2 is 2.04 bits per heavy atom. The van der Waals surface area contributed by atoms with Crippen LogP contribution in [0.2, 0.25) is 0 Å². The molecule has 28 heavy (non-hydrogen) atoms. The fourth-order valence-corrected chi connectivity index (χ4v) is 5.49. The van der Waals surface area contributed by atoms with Crippen molar-refractivity contribution in [2.24, 2.45) is 5.92 Å². The van der Waals surface area contributed by atoms with E-state index in [1.54, 1.807) is 4.90 Å². The van der Waals surface area contributed by atoms with E-state index in [9.17, 15) is 9.59 Å². The Labute approximate surface area is 167 Å². The fraction of sp³-hybridized carbons (Fsp3) is 0.500. The second kappa shape index (κ2) is 6.55. The second-order valence-electron chi connectivity index (χ2n) is 8.01. The molecule has 3 aliphatic heterocycles. The topological polar surface area (TPSA) is 78.4 Å². The molecule has 2 fully saturated rings. The molecule has 1 aromatic carbocycles. The summed E-state index contributed by atoms with van der Waals surface area (Å²) in [6, 6.07) is 8.50. The third-order valence-electron chi connectivity index (χ3n) is 6.37. The summed E-state index contributed by atoms with van der Waals surface area (Å²) in [6.45, 7) is 4.72. The van der Waals surface area contributed by atoms with E-state index in [-0.39, 0.29) is 29.6 Å². The predicted molar refractivity (Wildman–Crippen MR) is 108 cm³/mol. The number of aromatic nitrogens is 2. The monoisotopic (exact) mass is 397 g/mol. The number of hydrogen-bond donors (Lipinski definition) is 1. The Bertz CT molecular complexity index is 934. The van der Waals surface area contributed by atoms with Crippen LogP contribution in [0.5, 0.6) is 0 Å². The van der Waals surface area contributed by atoms with E-state index in [0.29, 0.717) is 11.7 Å². The molecule has 1 N–H and O–H groups in total. The van der Waals surface area contributed by atoms with Gasteiger partial charge in [-0.3, -0.25) is 14.5 Å². The molecule has 7 nitrogen and oxygen atoms in total. The average Bonchev–Trinajstić information content (AvgIpc) is 3.40. The summed E-state index contributed by atoms with van der Waals surface area (Å²) in [5.74, 6) is -0.206. The van der Waals surface area contributed by atoms with Crippen molar-refractivity contribution >= 4 is 34.0 Å². The normalized spacial score (nSPS) is 23.2. The summed E-state index contributed by atoms with van der Waals surface area (Å²) in [4.78, 5) is 29.1. The lowest BCUT2D eigenvalue weighted by atomic mass is 9.74. The molecule has 0 saturated carbocycles. The fourth-order valence-electron chi connectivity index (χ4n) is 4.77. The van der Waals surface area contributed by atoms with Gasteiger partial charge in [-0.05, 0) is 31.4 Å². The zero-order chi connectivity index (χ0) is 19.3. The highest BCUT2D eigenvalue weighted by molar-refractivity contribution is 7.15. The maximum Gasteiger partial charge on any atom is 0.229 e. The van der Waals surface area contributed by atoms with Crippen molar-refractivity contribution in [2.75, 3.05) is 36.4 Å². The summed E-state index contributed by atoms with van der Waals surface area (Å²) in [5, 5.41) is 13.0. The molecule has 2 amide bonds. The highest BCUT2D eigenvalue weighted by Crippen LogP contribution is 2.44. The number of likely N-dealkylation sites (tertiary alicyclic amines) is 1. The summed E-state index contributed by atoms with van der Waals surface area (Å²) in [5.41, 5.74) is 2.75. The highest BCUT2D eigenvalue weighted by Gasteiger charge is 2.44. The summed E-state index contributed by atoms with van der Waals surface area (Å²) >= 11 is 1.40. The molecule has 4 heterocycles. The molecule has 1 atom stereocenters. The Hall–Kier alpha value is -2.48. The van der Waals surface area contributed by atoms with Gasteiger partial charge in [0.25, 0.3) is 0 Å². The molecule has 3 aliphatic rings. The van der Waals surface area contributed by atoms with Gasteiger partial charge in [-0.2, -0.15) is 0 Å². The molecule has 2 saturated heterocycles. The number of hydrogen-bond acceptors (Lipinski definition) is 6. The first-order valence-corrected chi connectivity index (χ1v) is 10.6. The van der Waals surface area contributed by atoms with E-state index in [1.807, 2.05) is 11.8 Å². The smallest absolute Gasteiger partial charge is 0.229 e. The minimum atomic E-state index is -0.278. The average molecular weight is 398 g/mol. The first kappa shape index (κ1) is 17.6. The van der Waals surface area contributed by atoms with Gasteiger partial charge in [-0.15, -0.1) is 10.2 Å². The number of fused-ring (bicyclic) bond motifs is 2. The minimum absolute atomic E-state index is 0.0306. The van der Waals surface area contributed by atoms with Crippen LogP contribution in [0.25, 0.3) is 0 Å². The Balaban J connectivity index is 1.25. The molecular weight excluding hydrogens is 374 g/mol. The van der Waals surface area contributed by atoms with Crippen molar-refractivity contribution < 1.29 is 9.59 Å². The molecule has 1 spiro atoms. The summed E-state index contributed by atoms with van der Waals surface area (Å²) in [6.07, 6.45) is 2.19. The number of nitrogens with zero attached hydrogens (tertiary/aromatic N) is 4. The molecule has 1 unspecified atom stereocenters. The number of amides is 2. The van der Waals surface area contributed by atoms with Gasteiger partial charge >= 0.3 is 0 Å². The number of carbonyl (C=O) groups excluding carboxylic acids is 2. The first-order chi connectivity index (χ1) is 13.6. The minimum Gasteiger partial charge on any atom is -0.384 e. The second-order valence-corrected chi connectivity index (χ2v) is 9.17. The highest BCUT2D eigenvalue weighted by atomic mass is 32.1. The lowest BCUT2D eigenvalue weighted by Gasteiger charge is -2.40. The van der Waals surface area contributed by atoms with Gasteiger partial charge in [0.15, 0.2) is 0 Å². The SMILES string of the molecule is Cc1nnc(N2CC(C(=O)N3CCC4(CC3)CNc3ccccc34)CC2=O)s1. The van der Waals surface area contributed by atoms with Crippen LogP contribution in [0, 0.1) is 12.8 Å². The van der Waals surface area contributed by atoms with E-state index in [2.05, 4.69) is 39.8 Å². The van der Waals surface area contributed by atoms with Crippen LogP contribution in [0.15, 0.2) is 24.3 Å². The van der Waals surface area contributed by atoms with Crippen LogP contribution in [0.4, 0.5) is 10.8 Å². The number of benzene rings is 1. The van der Waals surface area contributed by atoms with Gasteiger partial charge in [-0.25, -0.2) is 0 Å². The number of anilines is 2. The van der Waals surface area contributed by atoms with Crippen molar-refractivity contribution in [1.29, 1.82) is 0 Å². The van der Waals surface area contributed by atoms with E-state index < -0.39 is 0 Å². The van der Waals surface area contributed by atoms with Crippen LogP contribution in [-0.2, 0) is 15.0 Å². The van der Waals surface area contributed by atoms with Crippen LogP contribution < -0.4 is 10.2 Å². The first-order valence-electron chi connectivity index (χ1n) is 9.78. The largest absolute Gasteiger partial charge is 0.384 e. The Morgan fingerprint density at radius 3 is 2.79 bits per heavy atom. The maximum absolute atomic E-state index is 13.1. The van der Waals surface area contributed by atoms with E-state index in [1.165, 1.54) is 22.6 Å². The van der Waals surface area contributed by atoms with Crippen molar-refractivity contribution in [3.8, 4) is 0 Å². The molecular formula is C20H23N5O2S. The molecule has 1 aromatic heterocycles. The molecule has 2 aromatic rings. The third-order valence-corrected chi connectivity index (χ3v) is 7.23. The van der Waals surface area contributed by atoms with E-state index in [4.69, 9.17) is 0 Å². The van der Waals surface area contributed by atoms with Crippen molar-refractivity contribution in [3.05, 3.63) is 34.8 Å². The summed E-state index contributed by atoms with van der Waals surface area (Å²) in [7, 11) is 0. The number of piperidine rings is 1. The predicted octanol–water partition coefficient (Wildman–Crippen LogP) is 2.19. The zero-order valence-electron chi connectivity index (χ0n) is 15.9. The number of carbonyl (C=O) groups is 2. The van der Waals surface area contributed by atoms with Gasteiger partial charge in [0.05, 0.1) is 5.92 Å². The van der Waals surface area contributed by atoms with Gasteiger partial charge in [0.2, 0.25) is 16.9 Å². The van der Waals surface area contributed by atoms with Crippen molar-refractivity contribution in [2.45, 2.75) is 31.6 Å². The maximum atomic E-state index is 13.1. The number of para-hydroxylation sites is 1. The van der Waals surface area contributed by atoms with Crippen molar-refractivity contribution in [1.82, 2.24) is 15.1 Å². The molecule has 0 radical (unpaired) electrons. The lowest BCUT2D eigenvalue weighted by Crippen LogP contribution is -2.48. The molecule has 5 rings (SSSR count). The quantitative estimate of drug-likeness (QED) is 0.840. The van der Waals surface area contributed by atoms with E-state index >= 15 is 0 Å². The standard InChI is InChI=1S/C20H23N5O2S/c1-13-22-23-19(28-13)25-11-14(10-17(25)26)18(27)24-8-6-20(7-9-24)12-21-16-5-3-2-4-15(16)20/h2-5,14,21H,6-12H2,1H3. The Kier molecular flexibility index (Phi) is 4.12. The van der Waals surface area contributed by atoms with Gasteiger partial charge in [0, 0.05) is 43.7 Å². The van der Waals surface area contributed by atoms with Crippen LogP contribution in [0.3, 0.4) is 0 Å². The lowest BCUT2D eigenvalue weighted by molar-refractivity contribution is -0.137. The molecule has 0 bridgehead atoms. The van der Waals surface area contributed by atoms with Gasteiger partial charge in [0.1, 0.15) is 5.01 Å².